The summed E-state index contributed by atoms with van der Waals surface area (Å²) in [6.45, 7) is 6.36. The molecule has 1 N–H and O–H groups in total. The van der Waals surface area contributed by atoms with Gasteiger partial charge < -0.3 is 19.7 Å². The Kier molecular flexibility index (Phi) is 5.86. The van der Waals surface area contributed by atoms with Gasteiger partial charge >= 0.3 is 0 Å². The van der Waals surface area contributed by atoms with E-state index in [4.69, 9.17) is 9.47 Å². The lowest BCUT2D eigenvalue weighted by Crippen LogP contribution is -2.47. The van der Waals surface area contributed by atoms with Gasteiger partial charge in [0, 0.05) is 45.1 Å². The van der Waals surface area contributed by atoms with Crippen LogP contribution in [0.3, 0.4) is 0 Å². The highest BCUT2D eigenvalue weighted by Gasteiger charge is 2.21. The summed E-state index contributed by atoms with van der Waals surface area (Å²) in [4.78, 5) is 25.7. The molecule has 1 amide bonds. The van der Waals surface area contributed by atoms with Crippen LogP contribution in [-0.2, 0) is 0 Å². The molecule has 0 unspecified atom stereocenters. The van der Waals surface area contributed by atoms with Crippen LogP contribution >= 0.6 is 0 Å². The van der Waals surface area contributed by atoms with Gasteiger partial charge in [0.25, 0.3) is 5.91 Å². The van der Waals surface area contributed by atoms with E-state index >= 15 is 0 Å². The number of nitrogens with zero attached hydrogens (tertiary/aromatic N) is 4. The first-order chi connectivity index (χ1) is 13.8. The van der Waals surface area contributed by atoms with Crippen molar-refractivity contribution in [2.24, 2.45) is 0 Å². The molecule has 0 spiro atoms. The minimum absolute atomic E-state index is 0.117. The van der Waals surface area contributed by atoms with Crippen LogP contribution in [0.15, 0.2) is 36.7 Å². The molecule has 1 fully saturated rings. The molecule has 1 saturated heterocycles. The number of aromatic nitrogens is 2. The summed E-state index contributed by atoms with van der Waals surface area (Å²) in [6, 6.07) is 7.25. The smallest absolute Gasteiger partial charge is 0.255 e. The van der Waals surface area contributed by atoms with E-state index in [-0.39, 0.29) is 5.91 Å². The average Bonchev–Trinajstić information content (AvgIpc) is 2.77. The number of para-hydroxylation sites is 1. The van der Waals surface area contributed by atoms with E-state index in [1.54, 1.807) is 18.5 Å². The molecular formula is C20H25N5O3. The molecule has 3 heterocycles. The molecule has 2 aromatic rings. The van der Waals surface area contributed by atoms with Crippen LogP contribution in [0.25, 0.3) is 0 Å². The zero-order valence-electron chi connectivity index (χ0n) is 15.8. The van der Waals surface area contributed by atoms with Crippen LogP contribution in [0.2, 0.25) is 0 Å². The quantitative estimate of drug-likeness (QED) is 0.751. The van der Waals surface area contributed by atoms with Gasteiger partial charge in [0.15, 0.2) is 11.5 Å². The maximum atomic E-state index is 12.5. The number of carbonyl (C=O) groups is 1. The number of amides is 1. The zero-order chi connectivity index (χ0) is 19.2. The fourth-order valence-electron chi connectivity index (χ4n) is 3.48. The Hall–Kier alpha value is -2.87. The molecule has 1 aromatic heterocycles. The number of fused-ring (bicyclic) bond motifs is 1. The van der Waals surface area contributed by atoms with Crippen molar-refractivity contribution in [2.45, 2.75) is 6.42 Å². The van der Waals surface area contributed by atoms with Crippen LogP contribution < -0.4 is 19.7 Å². The fraction of sp³-hybridized carbons (Fsp3) is 0.450. The Labute approximate surface area is 164 Å². The molecular weight excluding hydrogens is 358 g/mol. The third kappa shape index (κ3) is 4.33. The number of benzene rings is 1. The molecule has 28 heavy (non-hydrogen) atoms. The second kappa shape index (κ2) is 8.88. The number of ether oxygens (including phenoxy) is 2. The summed E-state index contributed by atoms with van der Waals surface area (Å²) in [5.74, 6) is 1.87. The van der Waals surface area contributed by atoms with Gasteiger partial charge in [0.2, 0.25) is 5.95 Å². The molecule has 1 aromatic carbocycles. The molecule has 0 aliphatic carbocycles. The lowest BCUT2D eigenvalue weighted by atomic mass is 10.1. The third-order valence-corrected chi connectivity index (χ3v) is 4.95. The van der Waals surface area contributed by atoms with Gasteiger partial charge in [-0.15, -0.1) is 0 Å². The fourth-order valence-corrected chi connectivity index (χ4v) is 3.48. The Balaban J connectivity index is 1.19. The highest BCUT2D eigenvalue weighted by molar-refractivity contribution is 5.97. The summed E-state index contributed by atoms with van der Waals surface area (Å²) < 4.78 is 11.2. The summed E-state index contributed by atoms with van der Waals surface area (Å²) in [6.07, 6.45) is 4.46. The molecule has 8 nitrogen and oxygen atoms in total. The Morgan fingerprint density at radius 2 is 1.82 bits per heavy atom. The second-order valence-corrected chi connectivity index (χ2v) is 6.82. The van der Waals surface area contributed by atoms with Crippen molar-refractivity contribution in [3.8, 4) is 11.5 Å². The minimum atomic E-state index is -0.117. The van der Waals surface area contributed by atoms with E-state index in [0.29, 0.717) is 36.8 Å². The topological polar surface area (TPSA) is 79.8 Å². The summed E-state index contributed by atoms with van der Waals surface area (Å²) in [5, 5.41) is 2.99. The van der Waals surface area contributed by atoms with E-state index in [0.717, 1.165) is 45.1 Å². The number of hydrogen-bond donors (Lipinski definition) is 1. The molecule has 0 bridgehead atoms. The normalized spacial score (nSPS) is 16.6. The SMILES string of the molecule is O=C(NCCCN1CCN(c2ncccn2)CC1)c1cccc2c1OCCO2. The summed E-state index contributed by atoms with van der Waals surface area (Å²) >= 11 is 0. The standard InChI is InChI=1S/C20H25N5O3/c26-19(16-4-1-5-17-18(16)28-15-14-27-17)21-8-3-9-24-10-12-25(13-11-24)20-22-6-2-7-23-20/h1-2,4-7H,3,8-15H2,(H,21,26). The molecule has 2 aliphatic heterocycles. The van der Waals surface area contributed by atoms with E-state index in [9.17, 15) is 4.79 Å². The van der Waals surface area contributed by atoms with Gasteiger partial charge in [-0.2, -0.15) is 0 Å². The third-order valence-electron chi connectivity index (χ3n) is 4.95. The largest absolute Gasteiger partial charge is 0.486 e. The van der Waals surface area contributed by atoms with Crippen molar-refractivity contribution in [2.75, 3.05) is 57.4 Å². The number of hydrogen-bond acceptors (Lipinski definition) is 7. The number of rotatable bonds is 6. The molecule has 0 atom stereocenters. The van der Waals surface area contributed by atoms with Crippen molar-refractivity contribution < 1.29 is 14.3 Å². The first-order valence-corrected chi connectivity index (χ1v) is 9.72. The van der Waals surface area contributed by atoms with Crippen LogP contribution in [0.5, 0.6) is 11.5 Å². The highest BCUT2D eigenvalue weighted by Crippen LogP contribution is 2.33. The van der Waals surface area contributed by atoms with Crippen LogP contribution in [-0.4, -0.2) is 73.3 Å². The Morgan fingerprint density at radius 3 is 2.64 bits per heavy atom. The van der Waals surface area contributed by atoms with Crippen LogP contribution in [0.1, 0.15) is 16.8 Å². The predicted octanol–water partition coefficient (Wildman–Crippen LogP) is 1.19. The van der Waals surface area contributed by atoms with E-state index in [1.807, 2.05) is 18.2 Å². The Bertz CT molecular complexity index is 794. The molecule has 8 heteroatoms. The van der Waals surface area contributed by atoms with Crippen molar-refractivity contribution in [1.82, 2.24) is 20.2 Å². The predicted molar refractivity (Wildman–Crippen MR) is 105 cm³/mol. The number of carbonyl (C=O) groups excluding carboxylic acids is 1. The first kappa shape index (κ1) is 18.5. The van der Waals surface area contributed by atoms with Gasteiger partial charge in [-0.05, 0) is 31.2 Å². The van der Waals surface area contributed by atoms with Crippen molar-refractivity contribution in [3.05, 3.63) is 42.2 Å². The second-order valence-electron chi connectivity index (χ2n) is 6.82. The monoisotopic (exact) mass is 383 g/mol. The minimum Gasteiger partial charge on any atom is -0.486 e. The van der Waals surface area contributed by atoms with E-state index < -0.39 is 0 Å². The molecule has 0 saturated carbocycles. The number of nitrogens with one attached hydrogen (secondary N) is 1. The molecule has 2 aliphatic rings. The highest BCUT2D eigenvalue weighted by atomic mass is 16.6. The summed E-state index contributed by atoms with van der Waals surface area (Å²) in [7, 11) is 0. The van der Waals surface area contributed by atoms with Gasteiger partial charge in [0.1, 0.15) is 13.2 Å². The first-order valence-electron chi connectivity index (χ1n) is 9.72. The van der Waals surface area contributed by atoms with Gasteiger partial charge in [-0.3, -0.25) is 9.69 Å². The molecule has 148 valence electrons. The number of piperazine rings is 1. The molecule has 0 radical (unpaired) electrons. The van der Waals surface area contributed by atoms with Crippen LogP contribution in [0.4, 0.5) is 5.95 Å². The van der Waals surface area contributed by atoms with Crippen molar-refractivity contribution in [1.29, 1.82) is 0 Å². The number of anilines is 1. The van der Waals surface area contributed by atoms with E-state index in [1.165, 1.54) is 0 Å². The maximum Gasteiger partial charge on any atom is 0.255 e. The van der Waals surface area contributed by atoms with Gasteiger partial charge in [-0.25, -0.2) is 9.97 Å². The van der Waals surface area contributed by atoms with Gasteiger partial charge in [-0.1, -0.05) is 6.07 Å². The van der Waals surface area contributed by atoms with Crippen molar-refractivity contribution in [3.63, 3.8) is 0 Å². The van der Waals surface area contributed by atoms with Gasteiger partial charge in [0.05, 0.1) is 5.56 Å². The van der Waals surface area contributed by atoms with Crippen molar-refractivity contribution >= 4 is 11.9 Å². The van der Waals surface area contributed by atoms with E-state index in [2.05, 4.69) is 25.1 Å². The Morgan fingerprint density at radius 1 is 1.04 bits per heavy atom. The van der Waals surface area contributed by atoms with Crippen LogP contribution in [0, 0.1) is 0 Å². The zero-order valence-corrected chi connectivity index (χ0v) is 15.8. The lowest BCUT2D eigenvalue weighted by molar-refractivity contribution is 0.0940. The lowest BCUT2D eigenvalue weighted by Gasteiger charge is -2.34. The maximum absolute atomic E-state index is 12.5. The summed E-state index contributed by atoms with van der Waals surface area (Å²) in [5.41, 5.74) is 0.536. The molecule has 4 rings (SSSR count). The average molecular weight is 383 g/mol.